The van der Waals surface area contributed by atoms with Gasteiger partial charge >= 0.3 is 0 Å². The molecule has 0 saturated carbocycles. The molecule has 0 radical (unpaired) electrons. The number of amides is 2. The number of carbonyl (C=O) groups excluding carboxylic acids is 2. The first-order valence-corrected chi connectivity index (χ1v) is 10.4. The number of thioether (sulfide) groups is 1. The molecule has 3 N–H and O–H groups in total. The summed E-state index contributed by atoms with van der Waals surface area (Å²) in [7, 11) is 0. The minimum absolute atomic E-state index is 0.248. The van der Waals surface area contributed by atoms with E-state index in [0.717, 1.165) is 10.9 Å². The summed E-state index contributed by atoms with van der Waals surface area (Å²) >= 11 is 2.57. The number of hydrogen-bond acceptors (Lipinski definition) is 7. The Morgan fingerprint density at radius 3 is 2.76 bits per heavy atom. The SMILES string of the molecule is CC(Sc1nc(-c2ccco2)nc2ccccc12)C(=O)Nc1sccc1C(N)=O. The van der Waals surface area contributed by atoms with Crippen LogP contribution in [0.3, 0.4) is 0 Å². The number of nitrogens with zero attached hydrogens (tertiary/aromatic N) is 2. The fraction of sp³-hybridized carbons (Fsp3) is 0.100. The van der Waals surface area contributed by atoms with Crippen LogP contribution in [0.15, 0.2) is 63.6 Å². The average Bonchev–Trinajstić information content (AvgIpc) is 3.40. The van der Waals surface area contributed by atoms with Crippen LogP contribution in [0.1, 0.15) is 17.3 Å². The molecule has 3 aromatic heterocycles. The highest BCUT2D eigenvalue weighted by atomic mass is 32.2. The van der Waals surface area contributed by atoms with Gasteiger partial charge in [0, 0.05) is 5.39 Å². The second-order valence-corrected chi connectivity index (χ2v) is 8.37. The van der Waals surface area contributed by atoms with E-state index in [2.05, 4.69) is 15.3 Å². The molecule has 0 aliphatic carbocycles. The van der Waals surface area contributed by atoms with Crippen molar-refractivity contribution in [3.63, 3.8) is 0 Å². The molecule has 7 nitrogen and oxygen atoms in total. The van der Waals surface area contributed by atoms with E-state index in [1.165, 1.54) is 23.1 Å². The molecule has 0 aliphatic heterocycles. The zero-order chi connectivity index (χ0) is 20.4. The molecule has 1 atom stereocenters. The first-order valence-electron chi connectivity index (χ1n) is 8.68. The number of carbonyl (C=O) groups is 2. The maximum Gasteiger partial charge on any atom is 0.251 e. The zero-order valence-corrected chi connectivity index (χ0v) is 16.9. The van der Waals surface area contributed by atoms with E-state index >= 15 is 0 Å². The van der Waals surface area contributed by atoms with E-state index in [-0.39, 0.29) is 5.91 Å². The van der Waals surface area contributed by atoms with Crippen molar-refractivity contribution >= 4 is 50.8 Å². The van der Waals surface area contributed by atoms with Crippen LogP contribution in [0, 0.1) is 0 Å². The zero-order valence-electron chi connectivity index (χ0n) is 15.3. The third kappa shape index (κ3) is 4.01. The minimum atomic E-state index is -0.577. The summed E-state index contributed by atoms with van der Waals surface area (Å²) in [6.45, 7) is 1.78. The van der Waals surface area contributed by atoms with Crippen LogP contribution in [-0.2, 0) is 4.79 Å². The monoisotopic (exact) mass is 424 g/mol. The van der Waals surface area contributed by atoms with Gasteiger partial charge in [-0.25, -0.2) is 9.97 Å². The van der Waals surface area contributed by atoms with Gasteiger partial charge in [-0.3, -0.25) is 9.59 Å². The van der Waals surface area contributed by atoms with Crippen molar-refractivity contribution in [1.82, 2.24) is 9.97 Å². The van der Waals surface area contributed by atoms with Gasteiger partial charge in [-0.15, -0.1) is 11.3 Å². The number of anilines is 1. The third-order valence-electron chi connectivity index (χ3n) is 4.13. The van der Waals surface area contributed by atoms with Crippen molar-refractivity contribution in [3.05, 3.63) is 59.7 Å². The number of thiophene rings is 1. The predicted molar refractivity (Wildman–Crippen MR) is 114 cm³/mol. The Morgan fingerprint density at radius 1 is 1.17 bits per heavy atom. The molecule has 0 fully saturated rings. The Hall–Kier alpha value is -3.17. The molecule has 3 heterocycles. The molecule has 146 valence electrons. The number of para-hydroxylation sites is 1. The highest BCUT2D eigenvalue weighted by Crippen LogP contribution is 2.32. The molecular weight excluding hydrogens is 408 g/mol. The molecule has 0 aliphatic rings. The Morgan fingerprint density at radius 2 is 2.00 bits per heavy atom. The molecule has 0 spiro atoms. The Bertz CT molecular complexity index is 1190. The molecule has 29 heavy (non-hydrogen) atoms. The molecule has 0 saturated heterocycles. The maximum absolute atomic E-state index is 12.7. The van der Waals surface area contributed by atoms with E-state index in [9.17, 15) is 9.59 Å². The van der Waals surface area contributed by atoms with Gasteiger partial charge in [0.25, 0.3) is 5.91 Å². The standard InChI is InChI=1S/C20H16N4O3S2/c1-11(18(26)24-19-13(16(21)25)8-10-28-19)29-20-12-5-2-3-6-14(12)22-17(23-20)15-7-4-9-27-15/h2-11H,1H3,(H2,21,25)(H,24,26). The lowest BCUT2D eigenvalue weighted by Gasteiger charge is -2.13. The van der Waals surface area contributed by atoms with Gasteiger partial charge in [-0.05, 0) is 36.6 Å². The molecule has 0 bridgehead atoms. The lowest BCUT2D eigenvalue weighted by atomic mass is 10.2. The molecule has 1 aromatic carbocycles. The highest BCUT2D eigenvalue weighted by molar-refractivity contribution is 8.00. The fourth-order valence-corrected chi connectivity index (χ4v) is 4.42. The Balaban J connectivity index is 1.62. The van der Waals surface area contributed by atoms with Crippen LogP contribution in [0.4, 0.5) is 5.00 Å². The Kier molecular flexibility index (Phi) is 5.32. The number of nitrogens with two attached hydrogens (primary N) is 1. The van der Waals surface area contributed by atoms with Crippen LogP contribution in [-0.4, -0.2) is 27.0 Å². The van der Waals surface area contributed by atoms with E-state index in [0.29, 0.717) is 27.2 Å². The lowest BCUT2D eigenvalue weighted by Crippen LogP contribution is -2.23. The quantitative estimate of drug-likeness (QED) is 0.355. The first kappa shape index (κ1) is 19.2. The smallest absolute Gasteiger partial charge is 0.251 e. The number of hydrogen-bond donors (Lipinski definition) is 2. The number of fused-ring (bicyclic) bond motifs is 1. The molecule has 1 unspecified atom stereocenters. The molecule has 4 rings (SSSR count). The minimum Gasteiger partial charge on any atom is -0.461 e. The van der Waals surface area contributed by atoms with Crippen LogP contribution in [0.2, 0.25) is 0 Å². The molecular formula is C20H16N4O3S2. The van der Waals surface area contributed by atoms with Crippen molar-refractivity contribution in [2.24, 2.45) is 5.73 Å². The fourth-order valence-electron chi connectivity index (χ4n) is 2.69. The topological polar surface area (TPSA) is 111 Å². The van der Waals surface area contributed by atoms with Gasteiger partial charge in [0.1, 0.15) is 10.0 Å². The van der Waals surface area contributed by atoms with Gasteiger partial charge < -0.3 is 15.5 Å². The number of primary amides is 1. The second-order valence-electron chi connectivity index (χ2n) is 6.12. The van der Waals surface area contributed by atoms with Crippen molar-refractivity contribution < 1.29 is 14.0 Å². The maximum atomic E-state index is 12.7. The van der Waals surface area contributed by atoms with Gasteiger partial charge in [-0.1, -0.05) is 30.0 Å². The summed E-state index contributed by atoms with van der Waals surface area (Å²) in [5.74, 6) is 0.186. The van der Waals surface area contributed by atoms with Gasteiger partial charge in [-0.2, -0.15) is 0 Å². The van der Waals surface area contributed by atoms with Gasteiger partial charge in [0.15, 0.2) is 11.6 Å². The van der Waals surface area contributed by atoms with Gasteiger partial charge in [0.2, 0.25) is 5.91 Å². The summed E-state index contributed by atoms with van der Waals surface area (Å²) < 4.78 is 5.43. The number of benzene rings is 1. The van der Waals surface area contributed by atoms with Crippen molar-refractivity contribution in [2.45, 2.75) is 17.2 Å². The summed E-state index contributed by atoms with van der Waals surface area (Å²) in [5.41, 5.74) is 6.41. The number of furan rings is 1. The molecule has 9 heteroatoms. The van der Waals surface area contributed by atoms with E-state index < -0.39 is 11.2 Å². The van der Waals surface area contributed by atoms with Crippen LogP contribution in [0.25, 0.3) is 22.5 Å². The average molecular weight is 425 g/mol. The van der Waals surface area contributed by atoms with E-state index in [4.69, 9.17) is 10.2 Å². The van der Waals surface area contributed by atoms with Crippen LogP contribution >= 0.6 is 23.1 Å². The van der Waals surface area contributed by atoms with Crippen LogP contribution < -0.4 is 11.1 Å². The number of rotatable bonds is 6. The largest absolute Gasteiger partial charge is 0.461 e. The number of aromatic nitrogens is 2. The predicted octanol–water partition coefficient (Wildman–Crippen LogP) is 4.17. The van der Waals surface area contributed by atoms with E-state index in [1.54, 1.807) is 36.8 Å². The Labute approximate surface area is 174 Å². The number of nitrogens with one attached hydrogen (secondary N) is 1. The first-order chi connectivity index (χ1) is 14.0. The summed E-state index contributed by atoms with van der Waals surface area (Å²) in [5, 5.41) is 5.98. The summed E-state index contributed by atoms with van der Waals surface area (Å²) in [4.78, 5) is 33.3. The summed E-state index contributed by atoms with van der Waals surface area (Å²) in [6.07, 6.45) is 1.56. The lowest BCUT2D eigenvalue weighted by molar-refractivity contribution is -0.115. The van der Waals surface area contributed by atoms with Gasteiger partial charge in [0.05, 0.1) is 22.6 Å². The van der Waals surface area contributed by atoms with Crippen LogP contribution in [0.5, 0.6) is 0 Å². The highest BCUT2D eigenvalue weighted by Gasteiger charge is 2.21. The van der Waals surface area contributed by atoms with Crippen molar-refractivity contribution in [2.75, 3.05) is 5.32 Å². The molecule has 4 aromatic rings. The second kappa shape index (κ2) is 8.06. The third-order valence-corrected chi connectivity index (χ3v) is 6.07. The summed E-state index contributed by atoms with van der Waals surface area (Å²) in [6, 6.07) is 12.8. The van der Waals surface area contributed by atoms with E-state index in [1.807, 2.05) is 24.3 Å². The normalized spacial score (nSPS) is 12.0. The van der Waals surface area contributed by atoms with Crippen molar-refractivity contribution in [1.29, 1.82) is 0 Å². The van der Waals surface area contributed by atoms with Crippen molar-refractivity contribution in [3.8, 4) is 11.6 Å². The molecule has 2 amide bonds.